The van der Waals surface area contributed by atoms with Gasteiger partial charge in [0.05, 0.1) is 5.60 Å². The molecule has 0 aromatic rings. The fourth-order valence-corrected chi connectivity index (χ4v) is 3.50. The van der Waals surface area contributed by atoms with Crippen LogP contribution in [0.3, 0.4) is 0 Å². The quantitative estimate of drug-likeness (QED) is 0.791. The number of nitrogens with zero attached hydrogens (tertiary/aromatic N) is 1. The molecule has 2 bridgehead atoms. The normalized spacial score (nSPS) is 32.0. The minimum Gasteiger partial charge on any atom is -0.444 e. The summed E-state index contributed by atoms with van der Waals surface area (Å²) in [6.07, 6.45) is 5.83. The highest BCUT2D eigenvalue weighted by Gasteiger charge is 2.49. The van der Waals surface area contributed by atoms with Crippen molar-refractivity contribution in [1.82, 2.24) is 4.90 Å². The lowest BCUT2D eigenvalue weighted by Crippen LogP contribution is -2.54. The Morgan fingerprint density at radius 3 is 2.24 bits per heavy atom. The molecule has 0 spiro atoms. The van der Waals surface area contributed by atoms with Gasteiger partial charge in [0.2, 0.25) is 0 Å². The van der Waals surface area contributed by atoms with Crippen LogP contribution < -0.4 is 0 Å². The predicted molar refractivity (Wildman–Crippen MR) is 83.1 cm³/mol. The van der Waals surface area contributed by atoms with E-state index in [1.54, 1.807) is 0 Å². The molecule has 0 aromatic carbocycles. The minimum atomic E-state index is -0.665. The van der Waals surface area contributed by atoms with Crippen molar-refractivity contribution in [2.45, 2.75) is 90.0 Å². The second-order valence-electron chi connectivity index (χ2n) is 7.89. The molecular weight excluding hydrogens is 266 g/mol. The molecule has 4 nitrogen and oxygen atoms in total. The first kappa shape index (κ1) is 16.3. The molecule has 2 atom stereocenters. The first-order valence-electron chi connectivity index (χ1n) is 7.97. The van der Waals surface area contributed by atoms with Crippen LogP contribution in [0, 0.1) is 0 Å². The zero-order chi connectivity index (χ0) is 15.8. The summed E-state index contributed by atoms with van der Waals surface area (Å²) < 4.78 is 5.52. The Kier molecular flexibility index (Phi) is 4.39. The second-order valence-corrected chi connectivity index (χ2v) is 7.89. The number of carbonyl (C=O) groups is 1. The lowest BCUT2D eigenvalue weighted by molar-refractivity contribution is -0.0566. The average molecular weight is 295 g/mol. The number of rotatable bonds is 2. The molecule has 0 radical (unpaired) electrons. The van der Waals surface area contributed by atoms with Crippen LogP contribution in [0.1, 0.15) is 66.7 Å². The SMILES string of the molecule is CC(C)=CCC1(O)CC2CCC(C1)N2C(=O)OC(C)(C)C. The van der Waals surface area contributed by atoms with Gasteiger partial charge >= 0.3 is 6.09 Å². The van der Waals surface area contributed by atoms with Gasteiger partial charge in [-0.1, -0.05) is 11.6 Å². The molecule has 2 fully saturated rings. The number of fused-ring (bicyclic) bond motifs is 2. The van der Waals surface area contributed by atoms with Gasteiger partial charge < -0.3 is 14.7 Å². The third-order valence-corrected chi connectivity index (χ3v) is 4.35. The zero-order valence-electron chi connectivity index (χ0n) is 14.0. The Bertz CT molecular complexity index is 418. The molecule has 2 saturated heterocycles. The van der Waals surface area contributed by atoms with E-state index in [4.69, 9.17) is 4.74 Å². The van der Waals surface area contributed by atoms with E-state index in [0.29, 0.717) is 19.3 Å². The van der Waals surface area contributed by atoms with Gasteiger partial charge in [0.1, 0.15) is 5.60 Å². The Morgan fingerprint density at radius 2 is 1.81 bits per heavy atom. The van der Waals surface area contributed by atoms with E-state index < -0.39 is 11.2 Å². The van der Waals surface area contributed by atoms with Crippen molar-refractivity contribution in [3.05, 3.63) is 11.6 Å². The molecule has 0 saturated carbocycles. The summed E-state index contributed by atoms with van der Waals surface area (Å²) in [6, 6.07) is 0.239. The molecule has 2 unspecified atom stereocenters. The molecule has 0 aromatic heterocycles. The standard InChI is InChI=1S/C17H29NO3/c1-12(2)8-9-17(20)10-13-6-7-14(11-17)18(13)15(19)21-16(3,4)5/h8,13-14,20H,6-7,9-11H2,1-5H3. The molecular formula is C17H29NO3. The monoisotopic (exact) mass is 295 g/mol. The van der Waals surface area contributed by atoms with Crippen LogP contribution in [-0.2, 0) is 4.74 Å². The van der Waals surface area contributed by atoms with E-state index in [2.05, 4.69) is 6.08 Å². The Hall–Kier alpha value is -1.03. The van der Waals surface area contributed by atoms with Crippen LogP contribution in [0.25, 0.3) is 0 Å². The third kappa shape index (κ3) is 4.00. The van der Waals surface area contributed by atoms with Gasteiger partial charge in [-0.05, 0) is 66.7 Å². The van der Waals surface area contributed by atoms with Gasteiger partial charge in [-0.3, -0.25) is 0 Å². The highest BCUT2D eigenvalue weighted by atomic mass is 16.6. The smallest absolute Gasteiger partial charge is 0.410 e. The Labute approximate surface area is 128 Å². The van der Waals surface area contributed by atoms with E-state index >= 15 is 0 Å². The molecule has 2 aliphatic rings. The summed E-state index contributed by atoms with van der Waals surface area (Å²) >= 11 is 0. The molecule has 0 aliphatic carbocycles. The van der Waals surface area contributed by atoms with Gasteiger partial charge in [-0.25, -0.2) is 4.79 Å². The van der Waals surface area contributed by atoms with Crippen LogP contribution in [0.2, 0.25) is 0 Å². The number of ether oxygens (including phenoxy) is 1. The molecule has 1 amide bonds. The lowest BCUT2D eigenvalue weighted by atomic mass is 9.83. The van der Waals surface area contributed by atoms with Crippen LogP contribution in [0.15, 0.2) is 11.6 Å². The summed E-state index contributed by atoms with van der Waals surface area (Å²) in [5, 5.41) is 10.8. The maximum atomic E-state index is 12.4. The summed E-state index contributed by atoms with van der Waals surface area (Å²) in [6.45, 7) is 9.77. The molecule has 4 heteroatoms. The van der Waals surface area contributed by atoms with Gasteiger partial charge in [0.25, 0.3) is 0 Å². The first-order chi connectivity index (χ1) is 9.60. The number of amides is 1. The van der Waals surface area contributed by atoms with Gasteiger partial charge in [0, 0.05) is 12.1 Å². The van der Waals surface area contributed by atoms with Crippen LogP contribution in [0.5, 0.6) is 0 Å². The Balaban J connectivity index is 2.05. The molecule has 2 rings (SSSR count). The van der Waals surface area contributed by atoms with Crippen molar-refractivity contribution >= 4 is 6.09 Å². The maximum absolute atomic E-state index is 12.4. The third-order valence-electron chi connectivity index (χ3n) is 4.35. The number of hydrogen-bond donors (Lipinski definition) is 1. The Morgan fingerprint density at radius 1 is 1.29 bits per heavy atom. The number of carbonyl (C=O) groups excluding carboxylic acids is 1. The summed E-state index contributed by atoms with van der Waals surface area (Å²) in [5.74, 6) is 0. The van der Waals surface area contributed by atoms with E-state index in [9.17, 15) is 9.90 Å². The van der Waals surface area contributed by atoms with Gasteiger partial charge in [-0.2, -0.15) is 0 Å². The minimum absolute atomic E-state index is 0.120. The van der Waals surface area contributed by atoms with Crippen molar-refractivity contribution < 1.29 is 14.6 Å². The van der Waals surface area contributed by atoms with Crippen LogP contribution >= 0.6 is 0 Å². The van der Waals surface area contributed by atoms with Crippen molar-refractivity contribution in [2.24, 2.45) is 0 Å². The number of aliphatic hydroxyl groups is 1. The number of allylic oxidation sites excluding steroid dienone is 1. The van der Waals surface area contributed by atoms with Crippen molar-refractivity contribution in [2.75, 3.05) is 0 Å². The van der Waals surface area contributed by atoms with E-state index in [1.165, 1.54) is 5.57 Å². The number of piperidine rings is 1. The largest absolute Gasteiger partial charge is 0.444 e. The number of hydrogen-bond acceptors (Lipinski definition) is 3. The van der Waals surface area contributed by atoms with Crippen molar-refractivity contribution in [1.29, 1.82) is 0 Å². The van der Waals surface area contributed by atoms with Crippen LogP contribution in [0.4, 0.5) is 4.79 Å². The van der Waals surface area contributed by atoms with Crippen molar-refractivity contribution in [3.63, 3.8) is 0 Å². The zero-order valence-corrected chi connectivity index (χ0v) is 14.0. The topological polar surface area (TPSA) is 49.8 Å². The highest BCUT2D eigenvalue weighted by molar-refractivity contribution is 5.69. The first-order valence-corrected chi connectivity index (χ1v) is 7.97. The average Bonchev–Trinajstić information content (AvgIpc) is 2.58. The molecule has 1 N–H and O–H groups in total. The van der Waals surface area contributed by atoms with E-state index in [1.807, 2.05) is 39.5 Å². The summed E-state index contributed by atoms with van der Waals surface area (Å²) in [7, 11) is 0. The summed E-state index contributed by atoms with van der Waals surface area (Å²) in [4.78, 5) is 14.2. The van der Waals surface area contributed by atoms with Gasteiger partial charge in [-0.15, -0.1) is 0 Å². The highest BCUT2D eigenvalue weighted by Crippen LogP contribution is 2.43. The maximum Gasteiger partial charge on any atom is 0.410 e. The fraction of sp³-hybridized carbons (Fsp3) is 0.824. The van der Waals surface area contributed by atoms with E-state index in [0.717, 1.165) is 12.8 Å². The summed E-state index contributed by atoms with van der Waals surface area (Å²) in [5.41, 5.74) is 0.0962. The van der Waals surface area contributed by atoms with Crippen LogP contribution in [-0.4, -0.2) is 39.4 Å². The molecule has 2 aliphatic heterocycles. The predicted octanol–water partition coefficient (Wildman–Crippen LogP) is 3.64. The van der Waals surface area contributed by atoms with E-state index in [-0.39, 0.29) is 18.2 Å². The molecule has 21 heavy (non-hydrogen) atoms. The lowest BCUT2D eigenvalue weighted by Gasteiger charge is -2.43. The van der Waals surface area contributed by atoms with Gasteiger partial charge in [0.15, 0.2) is 0 Å². The fourth-order valence-electron chi connectivity index (χ4n) is 3.50. The van der Waals surface area contributed by atoms with Crippen molar-refractivity contribution in [3.8, 4) is 0 Å². The molecule has 2 heterocycles. The second kappa shape index (κ2) is 5.64. The molecule has 120 valence electrons.